The zero-order valence-electron chi connectivity index (χ0n) is 9.97. The van der Waals surface area contributed by atoms with Crippen molar-refractivity contribution < 1.29 is 0 Å². The lowest BCUT2D eigenvalue weighted by Crippen LogP contribution is -2.34. The van der Waals surface area contributed by atoms with Crippen LogP contribution in [0.15, 0.2) is 23.6 Å². The van der Waals surface area contributed by atoms with Crippen molar-refractivity contribution in [2.24, 2.45) is 16.6 Å². The number of aliphatic imine (C=N–C) groups is 1. The summed E-state index contributed by atoms with van der Waals surface area (Å²) in [7, 11) is 0. The summed E-state index contributed by atoms with van der Waals surface area (Å²) in [6.45, 7) is 1.61. The standard InChI is InChI=1S/C12H19N5/c13-12(17-8-10-2-1-3-10)16-5-4-11-9-14-6-7-15-11/h6-7,9-10H,1-5,8H2,(H3,13,16,17). The molecule has 0 unspecified atom stereocenters. The Labute approximate surface area is 102 Å². The molecule has 1 aromatic rings. The predicted octanol–water partition coefficient (Wildman–Crippen LogP) is 0.723. The molecule has 0 spiro atoms. The molecule has 0 atom stereocenters. The first-order valence-electron chi connectivity index (χ1n) is 6.13. The smallest absolute Gasteiger partial charge is 0.188 e. The van der Waals surface area contributed by atoms with E-state index in [9.17, 15) is 0 Å². The molecule has 1 fully saturated rings. The number of hydrogen-bond donors (Lipinski definition) is 2. The molecule has 3 N–H and O–H groups in total. The number of nitrogens with one attached hydrogen (secondary N) is 1. The third kappa shape index (κ3) is 4.01. The Hall–Kier alpha value is -1.65. The molecule has 0 amide bonds. The summed E-state index contributed by atoms with van der Waals surface area (Å²) >= 11 is 0. The van der Waals surface area contributed by atoms with Crippen molar-refractivity contribution in [2.75, 3.05) is 13.1 Å². The van der Waals surface area contributed by atoms with Gasteiger partial charge in [0.05, 0.1) is 5.69 Å². The Morgan fingerprint density at radius 2 is 2.35 bits per heavy atom. The van der Waals surface area contributed by atoms with Gasteiger partial charge in [-0.05, 0) is 18.8 Å². The van der Waals surface area contributed by atoms with Crippen LogP contribution in [-0.4, -0.2) is 29.0 Å². The molecule has 0 radical (unpaired) electrons. The summed E-state index contributed by atoms with van der Waals surface area (Å²) in [5.41, 5.74) is 6.73. The number of nitrogens with two attached hydrogens (primary N) is 1. The second kappa shape index (κ2) is 6.18. The Morgan fingerprint density at radius 3 is 3.00 bits per heavy atom. The fraction of sp³-hybridized carbons (Fsp3) is 0.583. The maximum absolute atomic E-state index is 5.77. The van der Waals surface area contributed by atoms with Gasteiger partial charge in [0.15, 0.2) is 5.96 Å². The van der Waals surface area contributed by atoms with E-state index < -0.39 is 0 Å². The minimum Gasteiger partial charge on any atom is -0.370 e. The first-order valence-corrected chi connectivity index (χ1v) is 6.13. The molecule has 1 heterocycles. The number of guanidine groups is 1. The average Bonchev–Trinajstić information content (AvgIpc) is 2.28. The minimum atomic E-state index is 0.542. The van der Waals surface area contributed by atoms with Gasteiger partial charge < -0.3 is 11.1 Å². The summed E-state index contributed by atoms with van der Waals surface area (Å²) in [5, 5.41) is 3.09. The maximum Gasteiger partial charge on any atom is 0.188 e. The Kier molecular flexibility index (Phi) is 4.30. The van der Waals surface area contributed by atoms with Gasteiger partial charge >= 0.3 is 0 Å². The molecule has 2 rings (SSSR count). The minimum absolute atomic E-state index is 0.542. The van der Waals surface area contributed by atoms with Crippen molar-refractivity contribution in [1.82, 2.24) is 15.3 Å². The van der Waals surface area contributed by atoms with Crippen LogP contribution in [0.1, 0.15) is 25.0 Å². The van der Waals surface area contributed by atoms with Crippen molar-refractivity contribution in [3.8, 4) is 0 Å². The molecule has 5 heteroatoms. The summed E-state index contributed by atoms with van der Waals surface area (Å²) in [5.74, 6) is 1.30. The summed E-state index contributed by atoms with van der Waals surface area (Å²) in [4.78, 5) is 12.5. The van der Waals surface area contributed by atoms with Crippen molar-refractivity contribution in [1.29, 1.82) is 0 Å². The summed E-state index contributed by atoms with van der Waals surface area (Å²) in [6.07, 6.45) is 9.90. The highest BCUT2D eigenvalue weighted by molar-refractivity contribution is 5.77. The van der Waals surface area contributed by atoms with E-state index in [1.165, 1.54) is 19.3 Å². The molecular formula is C12H19N5. The molecule has 0 aromatic carbocycles. The van der Waals surface area contributed by atoms with E-state index in [4.69, 9.17) is 5.73 Å². The molecule has 1 aliphatic rings. The first-order chi connectivity index (χ1) is 8.34. The van der Waals surface area contributed by atoms with Gasteiger partial charge in [0.2, 0.25) is 0 Å². The van der Waals surface area contributed by atoms with Crippen LogP contribution in [0.5, 0.6) is 0 Å². The molecule has 5 nitrogen and oxygen atoms in total. The Bertz CT molecular complexity index is 358. The molecule has 1 saturated carbocycles. The maximum atomic E-state index is 5.77. The van der Waals surface area contributed by atoms with E-state index in [1.807, 2.05) is 0 Å². The van der Waals surface area contributed by atoms with Gasteiger partial charge in [-0.2, -0.15) is 0 Å². The van der Waals surface area contributed by atoms with Crippen LogP contribution in [0.25, 0.3) is 0 Å². The highest BCUT2D eigenvalue weighted by Crippen LogP contribution is 2.26. The molecule has 17 heavy (non-hydrogen) atoms. The largest absolute Gasteiger partial charge is 0.370 e. The molecule has 0 saturated heterocycles. The molecule has 0 bridgehead atoms. The molecule has 1 aromatic heterocycles. The van der Waals surface area contributed by atoms with Crippen LogP contribution in [0.3, 0.4) is 0 Å². The fourth-order valence-corrected chi connectivity index (χ4v) is 1.74. The van der Waals surface area contributed by atoms with E-state index in [1.54, 1.807) is 18.6 Å². The number of nitrogens with zero attached hydrogens (tertiary/aromatic N) is 3. The third-order valence-corrected chi connectivity index (χ3v) is 3.05. The van der Waals surface area contributed by atoms with Crippen LogP contribution in [0, 0.1) is 5.92 Å². The van der Waals surface area contributed by atoms with Gasteiger partial charge in [-0.1, -0.05) is 6.42 Å². The second-order valence-electron chi connectivity index (χ2n) is 4.40. The number of rotatable bonds is 5. The van der Waals surface area contributed by atoms with Gasteiger partial charge in [0.1, 0.15) is 0 Å². The van der Waals surface area contributed by atoms with E-state index in [0.29, 0.717) is 5.96 Å². The fourth-order valence-electron chi connectivity index (χ4n) is 1.74. The van der Waals surface area contributed by atoms with Crippen LogP contribution in [0.4, 0.5) is 0 Å². The van der Waals surface area contributed by atoms with Gasteiger partial charge in [0.25, 0.3) is 0 Å². The lowest BCUT2D eigenvalue weighted by atomic mass is 9.86. The predicted molar refractivity (Wildman–Crippen MR) is 67.6 cm³/mol. The molecule has 1 aliphatic carbocycles. The van der Waals surface area contributed by atoms with Crippen LogP contribution in [0.2, 0.25) is 0 Å². The lowest BCUT2D eigenvalue weighted by Gasteiger charge is -2.23. The van der Waals surface area contributed by atoms with Gasteiger partial charge in [0, 0.05) is 38.1 Å². The Morgan fingerprint density at radius 1 is 1.47 bits per heavy atom. The molecular weight excluding hydrogens is 214 g/mol. The highest BCUT2D eigenvalue weighted by Gasteiger charge is 2.16. The zero-order chi connectivity index (χ0) is 11.9. The topological polar surface area (TPSA) is 76.2 Å². The van der Waals surface area contributed by atoms with Crippen molar-refractivity contribution >= 4 is 5.96 Å². The van der Waals surface area contributed by atoms with Crippen LogP contribution in [-0.2, 0) is 6.42 Å². The molecule has 92 valence electrons. The van der Waals surface area contributed by atoms with Gasteiger partial charge in [-0.25, -0.2) is 0 Å². The zero-order valence-corrected chi connectivity index (χ0v) is 9.97. The highest BCUT2D eigenvalue weighted by atomic mass is 15.1. The number of hydrogen-bond acceptors (Lipinski definition) is 3. The third-order valence-electron chi connectivity index (χ3n) is 3.05. The van der Waals surface area contributed by atoms with Crippen molar-refractivity contribution in [2.45, 2.75) is 25.7 Å². The monoisotopic (exact) mass is 233 g/mol. The van der Waals surface area contributed by atoms with E-state index in [2.05, 4.69) is 20.3 Å². The van der Waals surface area contributed by atoms with Gasteiger partial charge in [-0.15, -0.1) is 0 Å². The quantitative estimate of drug-likeness (QED) is 0.580. The number of aromatic nitrogens is 2. The van der Waals surface area contributed by atoms with Crippen LogP contribution < -0.4 is 11.1 Å². The molecule has 0 aliphatic heterocycles. The lowest BCUT2D eigenvalue weighted by molar-refractivity contribution is 0.326. The normalized spacial score (nSPS) is 16.6. The second-order valence-corrected chi connectivity index (χ2v) is 4.40. The van der Waals surface area contributed by atoms with Crippen molar-refractivity contribution in [3.63, 3.8) is 0 Å². The SMILES string of the molecule is NC(=NCC1CCC1)NCCc1cnccn1. The van der Waals surface area contributed by atoms with E-state index >= 15 is 0 Å². The van der Waals surface area contributed by atoms with Gasteiger partial charge in [-0.3, -0.25) is 15.0 Å². The van der Waals surface area contributed by atoms with E-state index in [-0.39, 0.29) is 0 Å². The van der Waals surface area contributed by atoms with E-state index in [0.717, 1.165) is 31.1 Å². The van der Waals surface area contributed by atoms with Crippen molar-refractivity contribution in [3.05, 3.63) is 24.3 Å². The summed E-state index contributed by atoms with van der Waals surface area (Å²) < 4.78 is 0. The Balaban J connectivity index is 1.63. The van der Waals surface area contributed by atoms with Crippen LogP contribution >= 0.6 is 0 Å². The average molecular weight is 233 g/mol. The summed E-state index contributed by atoms with van der Waals surface area (Å²) in [6, 6.07) is 0. The first kappa shape index (κ1) is 11.8.